The molecule has 14 heteroatoms. The fourth-order valence-electron chi connectivity index (χ4n) is 5.79. The van der Waals surface area contributed by atoms with Crippen molar-refractivity contribution in [3.8, 4) is 33.9 Å². The summed E-state index contributed by atoms with van der Waals surface area (Å²) in [6.45, 7) is 21.5. The quantitative estimate of drug-likeness (QED) is 0.115. The van der Waals surface area contributed by atoms with Gasteiger partial charge in [-0.3, -0.25) is 14.9 Å². The number of nitrogens with one attached hydrogen (secondary N) is 2. The van der Waals surface area contributed by atoms with E-state index in [4.69, 9.17) is 29.2 Å². The number of amides is 2. The van der Waals surface area contributed by atoms with Crippen molar-refractivity contribution in [2.75, 3.05) is 13.2 Å². The van der Waals surface area contributed by atoms with Crippen molar-refractivity contribution in [1.82, 2.24) is 39.7 Å². The molecule has 1 saturated heterocycles. The molecule has 0 bridgehead atoms. The lowest BCUT2D eigenvalue weighted by atomic mass is 10.1. The number of aromatic amines is 1. The Balaban J connectivity index is 1.32. The first-order valence-corrected chi connectivity index (χ1v) is 21.7. The van der Waals surface area contributed by atoms with Gasteiger partial charge in [-0.2, -0.15) is 0 Å². The number of likely N-dealkylation sites (tertiary alicyclic amines) is 1. The third-order valence-corrected chi connectivity index (χ3v) is 10.1. The molecule has 52 heavy (non-hydrogen) atoms. The Kier molecular flexibility index (Phi) is 11.6. The molecule has 0 radical (unpaired) electrons. The SMILES string of the molecule is C[C@H](NC(=O)OC(C)(C)C)c1ncc(-c2ccc(-c3cnc(-c4cnc([C@@H]5CCCN5C(=O)OC(C)(C)C)n4COCC[Si](C)(C)C)cn3)cc2)[nH]1. The molecule has 4 heterocycles. The van der Waals surface area contributed by atoms with Gasteiger partial charge in [0.1, 0.15) is 35.3 Å². The normalized spacial score (nSPS) is 15.8. The van der Waals surface area contributed by atoms with E-state index in [1.807, 2.05) is 77.3 Å². The monoisotopic (exact) mass is 730 g/mol. The van der Waals surface area contributed by atoms with Gasteiger partial charge in [0.05, 0.1) is 54.0 Å². The van der Waals surface area contributed by atoms with Crippen LogP contribution in [0.4, 0.5) is 9.59 Å². The molecule has 4 aromatic rings. The second-order valence-corrected chi connectivity index (χ2v) is 22.1. The van der Waals surface area contributed by atoms with E-state index < -0.39 is 25.4 Å². The largest absolute Gasteiger partial charge is 0.444 e. The minimum absolute atomic E-state index is 0.231. The first-order valence-electron chi connectivity index (χ1n) is 18.0. The summed E-state index contributed by atoms with van der Waals surface area (Å²) in [5.41, 5.74) is 3.66. The van der Waals surface area contributed by atoms with Crippen LogP contribution in [-0.4, -0.2) is 79.0 Å². The molecule has 3 aromatic heterocycles. The lowest BCUT2D eigenvalue weighted by Gasteiger charge is -2.29. The first-order chi connectivity index (χ1) is 24.4. The molecule has 5 rings (SSSR count). The second kappa shape index (κ2) is 15.6. The van der Waals surface area contributed by atoms with Crippen LogP contribution in [0.15, 0.2) is 49.1 Å². The fourth-order valence-corrected chi connectivity index (χ4v) is 6.55. The van der Waals surface area contributed by atoms with Gasteiger partial charge in [0, 0.05) is 26.8 Å². The van der Waals surface area contributed by atoms with Crippen molar-refractivity contribution in [2.45, 2.75) is 117 Å². The Morgan fingerprint density at radius 1 is 0.904 bits per heavy atom. The van der Waals surface area contributed by atoms with Crippen molar-refractivity contribution in [1.29, 1.82) is 0 Å². The molecule has 2 amide bonds. The van der Waals surface area contributed by atoms with Crippen molar-refractivity contribution < 1.29 is 23.8 Å². The van der Waals surface area contributed by atoms with E-state index in [0.29, 0.717) is 31.4 Å². The topological polar surface area (TPSA) is 149 Å². The number of aromatic nitrogens is 6. The molecule has 1 aromatic carbocycles. The third-order valence-electron chi connectivity index (χ3n) is 8.43. The third kappa shape index (κ3) is 10.3. The molecule has 0 spiro atoms. The number of ether oxygens (including phenoxy) is 3. The minimum Gasteiger partial charge on any atom is -0.444 e. The van der Waals surface area contributed by atoms with E-state index in [1.54, 1.807) is 29.7 Å². The molecule has 280 valence electrons. The molecular formula is C38H54N8O5Si. The molecular weight excluding hydrogens is 677 g/mol. The van der Waals surface area contributed by atoms with Crippen LogP contribution in [0, 0.1) is 0 Å². The van der Waals surface area contributed by atoms with Gasteiger partial charge in [0.25, 0.3) is 0 Å². The van der Waals surface area contributed by atoms with Gasteiger partial charge < -0.3 is 29.1 Å². The molecule has 1 aliphatic heterocycles. The molecule has 1 aliphatic rings. The average molecular weight is 731 g/mol. The van der Waals surface area contributed by atoms with Crippen molar-refractivity contribution in [2.24, 2.45) is 0 Å². The van der Waals surface area contributed by atoms with Gasteiger partial charge in [0.2, 0.25) is 0 Å². The van der Waals surface area contributed by atoms with Gasteiger partial charge in [-0.05, 0) is 72.9 Å². The van der Waals surface area contributed by atoms with Crippen molar-refractivity contribution in [3.63, 3.8) is 0 Å². The molecule has 2 atom stereocenters. The Morgan fingerprint density at radius 3 is 2.19 bits per heavy atom. The lowest BCUT2D eigenvalue weighted by Crippen LogP contribution is -2.37. The highest BCUT2D eigenvalue weighted by Gasteiger charge is 2.36. The van der Waals surface area contributed by atoms with E-state index in [9.17, 15) is 9.59 Å². The van der Waals surface area contributed by atoms with E-state index in [-0.39, 0.29) is 18.2 Å². The smallest absolute Gasteiger partial charge is 0.410 e. The van der Waals surface area contributed by atoms with Gasteiger partial charge >= 0.3 is 12.2 Å². The number of H-pyrrole nitrogens is 1. The van der Waals surface area contributed by atoms with Crippen LogP contribution in [-0.2, 0) is 20.9 Å². The summed E-state index contributed by atoms with van der Waals surface area (Å²) in [4.78, 5) is 49.3. The number of imidazole rings is 2. The number of benzene rings is 1. The lowest BCUT2D eigenvalue weighted by molar-refractivity contribution is 0.0204. The van der Waals surface area contributed by atoms with Crippen molar-refractivity contribution >= 4 is 20.3 Å². The molecule has 2 N–H and O–H groups in total. The summed E-state index contributed by atoms with van der Waals surface area (Å²) in [5, 5.41) is 2.81. The number of carbonyl (C=O) groups excluding carboxylic acids is 2. The Labute approximate surface area is 307 Å². The van der Waals surface area contributed by atoms with E-state index in [2.05, 4.69) is 34.9 Å². The second-order valence-electron chi connectivity index (χ2n) is 16.5. The maximum atomic E-state index is 13.2. The van der Waals surface area contributed by atoms with Crippen molar-refractivity contribution in [3.05, 3.63) is 60.7 Å². The number of hydrogen-bond donors (Lipinski definition) is 2. The molecule has 0 unspecified atom stereocenters. The Bertz CT molecular complexity index is 1820. The summed E-state index contributed by atoms with van der Waals surface area (Å²) in [6, 6.07) is 8.41. The van der Waals surface area contributed by atoms with Crippen LogP contribution in [0.3, 0.4) is 0 Å². The van der Waals surface area contributed by atoms with Crippen LogP contribution in [0.2, 0.25) is 25.7 Å². The van der Waals surface area contributed by atoms with E-state index in [1.165, 1.54) is 0 Å². The number of hydrogen-bond acceptors (Lipinski definition) is 9. The Morgan fingerprint density at radius 2 is 1.56 bits per heavy atom. The van der Waals surface area contributed by atoms with Gasteiger partial charge in [-0.25, -0.2) is 19.6 Å². The van der Waals surface area contributed by atoms with Crippen LogP contribution >= 0.6 is 0 Å². The standard InChI is InChI=1S/C38H54N8O5Si/c1-25(43-35(47)50-37(2,3)4)33-41-21-29(44-33)27-15-13-26(14-16-27)28-20-40-30(22-39-28)32-23-42-34(46(32)24-49-18-19-52(8,9)10)31-12-11-17-45(31)36(48)51-38(5,6)7/h13-16,20-23,25,31H,11-12,17-19,24H2,1-10H3,(H,41,44)(H,43,47)/t25-,31-/m0/s1. The summed E-state index contributed by atoms with van der Waals surface area (Å²) in [5.74, 6) is 1.38. The molecule has 13 nitrogen and oxygen atoms in total. The summed E-state index contributed by atoms with van der Waals surface area (Å²) in [7, 11) is -1.29. The maximum Gasteiger partial charge on any atom is 0.410 e. The summed E-state index contributed by atoms with van der Waals surface area (Å²) < 4.78 is 19.4. The maximum absolute atomic E-state index is 13.2. The van der Waals surface area contributed by atoms with Crippen LogP contribution < -0.4 is 5.32 Å². The molecule has 0 aliphatic carbocycles. The number of nitrogens with zero attached hydrogens (tertiary/aromatic N) is 6. The number of alkyl carbamates (subject to hydrolysis) is 1. The van der Waals surface area contributed by atoms with Gasteiger partial charge in [0.15, 0.2) is 0 Å². The van der Waals surface area contributed by atoms with Gasteiger partial charge in [-0.1, -0.05) is 43.9 Å². The summed E-state index contributed by atoms with van der Waals surface area (Å²) in [6.07, 6.45) is 7.87. The first kappa shape index (κ1) is 38.7. The zero-order valence-electron chi connectivity index (χ0n) is 32.2. The number of carbonyl (C=O) groups is 2. The highest BCUT2D eigenvalue weighted by molar-refractivity contribution is 6.76. The number of rotatable bonds is 11. The minimum atomic E-state index is -1.29. The van der Waals surface area contributed by atoms with Crippen LogP contribution in [0.5, 0.6) is 0 Å². The van der Waals surface area contributed by atoms with Crippen LogP contribution in [0.1, 0.15) is 85.0 Å². The highest BCUT2D eigenvalue weighted by Crippen LogP contribution is 2.35. The van der Waals surface area contributed by atoms with Gasteiger partial charge in [-0.15, -0.1) is 0 Å². The molecule has 1 fully saturated rings. The van der Waals surface area contributed by atoms with E-state index >= 15 is 0 Å². The predicted octanol–water partition coefficient (Wildman–Crippen LogP) is 8.37. The van der Waals surface area contributed by atoms with Crippen LogP contribution in [0.25, 0.3) is 33.9 Å². The Hall–Kier alpha value is -4.56. The average Bonchev–Trinajstić information content (AvgIpc) is 3.81. The zero-order chi connectivity index (χ0) is 37.8. The van der Waals surface area contributed by atoms with E-state index in [0.717, 1.165) is 52.9 Å². The highest BCUT2D eigenvalue weighted by atomic mass is 28.3. The predicted molar refractivity (Wildman–Crippen MR) is 203 cm³/mol. The fraction of sp³-hybridized carbons (Fsp3) is 0.526. The zero-order valence-corrected chi connectivity index (χ0v) is 33.2. The molecule has 0 saturated carbocycles. The summed E-state index contributed by atoms with van der Waals surface area (Å²) >= 11 is 0.